The first-order chi connectivity index (χ1) is 4.45. The van der Waals surface area contributed by atoms with Crippen LogP contribution in [0.1, 0.15) is 19.3 Å². The number of hydrogen-bond donors (Lipinski definition) is 1. The Labute approximate surface area is 56.3 Å². The molecule has 1 N–H and O–H groups in total. The Kier molecular flexibility index (Phi) is 2.04. The fourth-order valence-corrected chi connectivity index (χ4v) is 1.72. The Bertz CT molecular complexity index is 106. The zero-order valence-electron chi connectivity index (χ0n) is 5.64. The summed E-state index contributed by atoms with van der Waals surface area (Å²) < 4.78 is 0. The van der Waals surface area contributed by atoms with E-state index in [2.05, 4.69) is 18.9 Å². The van der Waals surface area contributed by atoms with Crippen LogP contribution >= 0.6 is 0 Å². The quantitative estimate of drug-likeness (QED) is 0.377. The first-order valence-corrected chi connectivity index (χ1v) is 3.49. The molecular formula is C8H13N. The van der Waals surface area contributed by atoms with E-state index in [1.165, 1.54) is 19.3 Å². The number of fused-ring (bicyclic) bond motifs is 2. The van der Waals surface area contributed by atoms with E-state index in [9.17, 15) is 0 Å². The molecule has 0 aromatic heterocycles. The minimum absolute atomic E-state index is 0.991. The molecule has 0 aromatic carbocycles. The first-order valence-electron chi connectivity index (χ1n) is 3.49. The Balaban J connectivity index is 0.000000186. The third-order valence-electron chi connectivity index (χ3n) is 2.17. The van der Waals surface area contributed by atoms with Gasteiger partial charge >= 0.3 is 0 Å². The number of rotatable bonds is 0. The van der Waals surface area contributed by atoms with E-state index in [1.54, 1.807) is 0 Å². The van der Waals surface area contributed by atoms with E-state index in [0.29, 0.717) is 0 Å². The highest BCUT2D eigenvalue weighted by atomic mass is 14.3. The van der Waals surface area contributed by atoms with Crippen LogP contribution in [0.2, 0.25) is 0 Å². The van der Waals surface area contributed by atoms with E-state index >= 15 is 0 Å². The SMILES string of the molecule is C1=CC2CCC1C2.C=N. The summed E-state index contributed by atoms with van der Waals surface area (Å²) in [5.41, 5.74) is 0. The highest BCUT2D eigenvalue weighted by Gasteiger charge is 2.25. The number of nitrogens with one attached hydrogen (secondary N) is 1. The van der Waals surface area contributed by atoms with E-state index in [-0.39, 0.29) is 0 Å². The van der Waals surface area contributed by atoms with Gasteiger partial charge < -0.3 is 5.41 Å². The molecule has 2 atom stereocenters. The molecule has 2 bridgehead atoms. The molecule has 0 amide bonds. The van der Waals surface area contributed by atoms with Crippen molar-refractivity contribution in [3.05, 3.63) is 12.2 Å². The minimum atomic E-state index is 0.991. The third-order valence-corrected chi connectivity index (χ3v) is 2.17. The van der Waals surface area contributed by atoms with E-state index in [4.69, 9.17) is 5.41 Å². The van der Waals surface area contributed by atoms with Gasteiger partial charge in [-0.15, -0.1) is 0 Å². The summed E-state index contributed by atoms with van der Waals surface area (Å²) >= 11 is 0. The fourth-order valence-electron chi connectivity index (χ4n) is 1.72. The van der Waals surface area contributed by atoms with Crippen LogP contribution < -0.4 is 0 Å². The summed E-state index contributed by atoms with van der Waals surface area (Å²) in [5.74, 6) is 1.98. The summed E-state index contributed by atoms with van der Waals surface area (Å²) in [5, 5.41) is 5.50. The van der Waals surface area contributed by atoms with Gasteiger partial charge in [0.2, 0.25) is 0 Å². The van der Waals surface area contributed by atoms with Gasteiger partial charge in [0.15, 0.2) is 0 Å². The average Bonchev–Trinajstić information content (AvgIpc) is 2.53. The molecule has 50 valence electrons. The maximum atomic E-state index is 5.50. The molecule has 1 fully saturated rings. The van der Waals surface area contributed by atoms with Crippen molar-refractivity contribution >= 4 is 6.72 Å². The van der Waals surface area contributed by atoms with Gasteiger partial charge in [-0.05, 0) is 37.8 Å². The molecule has 2 rings (SSSR count). The highest BCUT2D eigenvalue weighted by molar-refractivity contribution is 5.15. The third kappa shape index (κ3) is 1.21. The van der Waals surface area contributed by atoms with Crippen LogP contribution in [0, 0.1) is 17.2 Å². The zero-order valence-corrected chi connectivity index (χ0v) is 5.64. The van der Waals surface area contributed by atoms with Crippen molar-refractivity contribution in [2.75, 3.05) is 0 Å². The van der Waals surface area contributed by atoms with Crippen molar-refractivity contribution in [3.63, 3.8) is 0 Å². The number of hydrogen-bond acceptors (Lipinski definition) is 1. The van der Waals surface area contributed by atoms with E-state index in [1.807, 2.05) is 0 Å². The summed E-state index contributed by atoms with van der Waals surface area (Å²) in [6.45, 7) is 2.50. The second kappa shape index (κ2) is 2.81. The molecule has 0 saturated heterocycles. The second-order valence-electron chi connectivity index (χ2n) is 2.72. The topological polar surface area (TPSA) is 23.9 Å². The summed E-state index contributed by atoms with van der Waals surface area (Å²) in [6.07, 6.45) is 9.19. The van der Waals surface area contributed by atoms with Gasteiger partial charge in [-0.1, -0.05) is 12.2 Å². The second-order valence-corrected chi connectivity index (χ2v) is 2.72. The van der Waals surface area contributed by atoms with Crippen molar-refractivity contribution < 1.29 is 0 Å². The lowest BCUT2D eigenvalue weighted by Crippen LogP contribution is -1.82. The van der Waals surface area contributed by atoms with Gasteiger partial charge in [0.25, 0.3) is 0 Å². The van der Waals surface area contributed by atoms with Crippen LogP contribution in [0.5, 0.6) is 0 Å². The van der Waals surface area contributed by atoms with Crippen LogP contribution in [0.3, 0.4) is 0 Å². The van der Waals surface area contributed by atoms with E-state index < -0.39 is 0 Å². The van der Waals surface area contributed by atoms with Crippen LogP contribution in [-0.2, 0) is 0 Å². The number of allylic oxidation sites excluding steroid dienone is 2. The predicted octanol–water partition coefficient (Wildman–Crippen LogP) is 2.24. The smallest absolute Gasteiger partial charge is 0.0187 e. The lowest BCUT2D eigenvalue weighted by atomic mass is 10.1. The van der Waals surface area contributed by atoms with Crippen LogP contribution in [0.15, 0.2) is 12.2 Å². The van der Waals surface area contributed by atoms with Gasteiger partial charge in [-0.3, -0.25) is 0 Å². The molecule has 1 heteroatoms. The van der Waals surface area contributed by atoms with Crippen molar-refractivity contribution in [2.45, 2.75) is 19.3 Å². The Morgan fingerprint density at radius 2 is 1.56 bits per heavy atom. The van der Waals surface area contributed by atoms with Gasteiger partial charge in [0.05, 0.1) is 0 Å². The van der Waals surface area contributed by atoms with Gasteiger partial charge in [0, 0.05) is 0 Å². The van der Waals surface area contributed by atoms with Gasteiger partial charge in [0.1, 0.15) is 0 Å². The molecule has 1 saturated carbocycles. The summed E-state index contributed by atoms with van der Waals surface area (Å²) in [6, 6.07) is 0. The molecule has 0 radical (unpaired) electrons. The minimum Gasteiger partial charge on any atom is -0.317 e. The van der Waals surface area contributed by atoms with Crippen molar-refractivity contribution in [1.82, 2.24) is 0 Å². The maximum absolute atomic E-state index is 5.50. The van der Waals surface area contributed by atoms with Crippen LogP contribution in [0.25, 0.3) is 0 Å². The molecule has 0 aliphatic heterocycles. The van der Waals surface area contributed by atoms with Crippen molar-refractivity contribution in [1.29, 1.82) is 5.41 Å². The molecule has 2 aliphatic carbocycles. The molecular weight excluding hydrogens is 110 g/mol. The fraction of sp³-hybridized carbons (Fsp3) is 0.625. The van der Waals surface area contributed by atoms with Crippen LogP contribution in [0.4, 0.5) is 0 Å². The first kappa shape index (κ1) is 6.53. The maximum Gasteiger partial charge on any atom is -0.0187 e. The molecule has 0 aromatic rings. The van der Waals surface area contributed by atoms with Crippen LogP contribution in [-0.4, -0.2) is 6.72 Å². The van der Waals surface area contributed by atoms with Crippen molar-refractivity contribution in [2.24, 2.45) is 11.8 Å². The largest absolute Gasteiger partial charge is 0.317 e. The summed E-state index contributed by atoms with van der Waals surface area (Å²) in [7, 11) is 0. The Morgan fingerprint density at radius 1 is 1.11 bits per heavy atom. The lowest BCUT2D eigenvalue weighted by molar-refractivity contribution is 0.691. The zero-order chi connectivity index (χ0) is 6.69. The van der Waals surface area contributed by atoms with Gasteiger partial charge in [-0.25, -0.2) is 0 Å². The monoisotopic (exact) mass is 123 g/mol. The van der Waals surface area contributed by atoms with E-state index in [0.717, 1.165) is 11.8 Å². The standard InChI is InChI=1S/C7H10.CH3N/c1-2-7-4-3-6(1)5-7;1-2/h1-2,6-7H,3-5H2;2H,1H2. The summed E-state index contributed by atoms with van der Waals surface area (Å²) in [4.78, 5) is 0. The lowest BCUT2D eigenvalue weighted by Gasteiger charge is -1.96. The Hall–Kier alpha value is -0.590. The van der Waals surface area contributed by atoms with Gasteiger partial charge in [-0.2, -0.15) is 0 Å². The molecule has 1 nitrogen and oxygen atoms in total. The molecule has 2 aliphatic rings. The highest BCUT2D eigenvalue weighted by Crippen LogP contribution is 2.38. The average molecular weight is 123 g/mol. The Morgan fingerprint density at radius 3 is 1.67 bits per heavy atom. The molecule has 0 spiro atoms. The predicted molar refractivity (Wildman–Crippen MR) is 39.8 cm³/mol. The normalized spacial score (nSPS) is 36.0. The molecule has 9 heavy (non-hydrogen) atoms. The van der Waals surface area contributed by atoms with Crippen molar-refractivity contribution in [3.8, 4) is 0 Å². The molecule has 2 unspecified atom stereocenters. The molecule has 0 heterocycles.